The van der Waals surface area contributed by atoms with E-state index in [-0.39, 0.29) is 17.7 Å². The molecule has 0 N–H and O–H groups in total. The SMILES string of the molecule is Cc1ccccc1CN1C(=O)S/C(=C\c2cc(I)c(OCc3ccccc3)c(I)c2)C1=O. The first-order valence-electron chi connectivity index (χ1n) is 9.88. The van der Waals surface area contributed by atoms with E-state index in [9.17, 15) is 9.59 Å². The predicted molar refractivity (Wildman–Crippen MR) is 145 cm³/mol. The molecule has 4 nitrogen and oxygen atoms in total. The average molecular weight is 667 g/mol. The van der Waals surface area contributed by atoms with Gasteiger partial charge < -0.3 is 4.74 Å². The van der Waals surface area contributed by atoms with E-state index in [1.807, 2.05) is 73.7 Å². The largest absolute Gasteiger partial charge is 0.487 e. The van der Waals surface area contributed by atoms with Gasteiger partial charge in [0.25, 0.3) is 11.1 Å². The van der Waals surface area contributed by atoms with Crippen LogP contribution in [0.2, 0.25) is 0 Å². The van der Waals surface area contributed by atoms with Gasteiger partial charge in [0.2, 0.25) is 0 Å². The third-order valence-corrected chi connectivity index (χ3v) is 7.52. The normalized spacial score (nSPS) is 15.0. The summed E-state index contributed by atoms with van der Waals surface area (Å²) in [6.07, 6.45) is 1.79. The van der Waals surface area contributed by atoms with Gasteiger partial charge in [0.1, 0.15) is 12.4 Å². The van der Waals surface area contributed by atoms with Gasteiger partial charge in [-0.25, -0.2) is 0 Å². The summed E-state index contributed by atoms with van der Waals surface area (Å²) in [6, 6.07) is 21.8. The number of imide groups is 1. The predicted octanol–water partition coefficient (Wildman–Crippen LogP) is 7.02. The Labute approximate surface area is 218 Å². The van der Waals surface area contributed by atoms with Crippen LogP contribution in [0.15, 0.2) is 71.6 Å². The van der Waals surface area contributed by atoms with Crippen molar-refractivity contribution in [1.82, 2.24) is 4.90 Å². The quantitative estimate of drug-likeness (QED) is 0.210. The van der Waals surface area contributed by atoms with Gasteiger partial charge in [-0.1, -0.05) is 54.6 Å². The summed E-state index contributed by atoms with van der Waals surface area (Å²) in [6.45, 7) is 2.76. The first-order valence-corrected chi connectivity index (χ1v) is 12.9. The van der Waals surface area contributed by atoms with Crippen LogP contribution in [0.4, 0.5) is 4.79 Å². The number of carbonyl (C=O) groups excluding carboxylic acids is 2. The van der Waals surface area contributed by atoms with Crippen LogP contribution in [0.1, 0.15) is 22.3 Å². The van der Waals surface area contributed by atoms with Crippen molar-refractivity contribution < 1.29 is 14.3 Å². The van der Waals surface area contributed by atoms with Crippen LogP contribution in [0, 0.1) is 14.1 Å². The van der Waals surface area contributed by atoms with E-state index < -0.39 is 0 Å². The zero-order chi connectivity index (χ0) is 22.7. The molecular weight excluding hydrogens is 648 g/mol. The van der Waals surface area contributed by atoms with E-state index in [4.69, 9.17) is 4.74 Å². The van der Waals surface area contributed by atoms with Gasteiger partial charge in [-0.15, -0.1) is 0 Å². The minimum atomic E-state index is -0.252. The van der Waals surface area contributed by atoms with Gasteiger partial charge in [-0.2, -0.15) is 0 Å². The molecule has 0 radical (unpaired) electrons. The first-order chi connectivity index (χ1) is 15.4. The van der Waals surface area contributed by atoms with E-state index in [2.05, 4.69) is 45.2 Å². The fourth-order valence-electron chi connectivity index (χ4n) is 3.28. The Bertz CT molecular complexity index is 1190. The maximum Gasteiger partial charge on any atom is 0.293 e. The third-order valence-electron chi connectivity index (χ3n) is 5.01. The minimum Gasteiger partial charge on any atom is -0.487 e. The molecule has 2 amide bonds. The zero-order valence-electron chi connectivity index (χ0n) is 17.2. The molecule has 1 saturated heterocycles. The highest BCUT2D eigenvalue weighted by Gasteiger charge is 2.35. The Morgan fingerprint density at radius 1 is 0.969 bits per heavy atom. The summed E-state index contributed by atoms with van der Waals surface area (Å²) in [5.41, 5.74) is 4.00. The molecule has 1 heterocycles. The van der Waals surface area contributed by atoms with Crippen LogP contribution in [0.5, 0.6) is 5.75 Å². The zero-order valence-corrected chi connectivity index (χ0v) is 22.3. The molecule has 3 aromatic rings. The van der Waals surface area contributed by atoms with Gasteiger partial charge in [0, 0.05) is 0 Å². The number of rotatable bonds is 6. The number of halogens is 2. The molecule has 4 rings (SSSR count). The fraction of sp³-hybridized carbons (Fsp3) is 0.120. The maximum atomic E-state index is 12.9. The Balaban J connectivity index is 1.51. The van der Waals surface area contributed by atoms with E-state index in [0.29, 0.717) is 11.5 Å². The number of hydrogen-bond acceptors (Lipinski definition) is 4. The van der Waals surface area contributed by atoms with Crippen molar-refractivity contribution >= 4 is 74.2 Å². The summed E-state index contributed by atoms with van der Waals surface area (Å²) in [5.74, 6) is 0.567. The molecule has 1 aliphatic rings. The maximum absolute atomic E-state index is 12.9. The molecule has 0 unspecified atom stereocenters. The molecule has 0 spiro atoms. The second-order valence-corrected chi connectivity index (χ2v) is 10.6. The molecule has 0 aromatic heterocycles. The number of nitrogens with zero attached hydrogens (tertiary/aromatic N) is 1. The topological polar surface area (TPSA) is 46.6 Å². The summed E-state index contributed by atoms with van der Waals surface area (Å²) in [5, 5.41) is -0.239. The second kappa shape index (κ2) is 10.4. The number of aryl methyl sites for hydroxylation is 1. The third kappa shape index (κ3) is 5.37. The molecule has 0 atom stereocenters. The summed E-state index contributed by atoms with van der Waals surface area (Å²) in [4.78, 5) is 27.2. The smallest absolute Gasteiger partial charge is 0.293 e. The lowest BCUT2D eigenvalue weighted by Gasteiger charge is -2.14. The van der Waals surface area contributed by atoms with Crippen molar-refractivity contribution in [1.29, 1.82) is 0 Å². The Morgan fingerprint density at radius 3 is 2.31 bits per heavy atom. The standard InChI is InChI=1S/C25H19I2NO3S/c1-16-7-5-6-10-19(16)14-28-24(29)22(32-25(28)30)13-18-11-20(26)23(21(27)12-18)31-15-17-8-3-2-4-9-17/h2-13H,14-15H2,1H3/b22-13-. The molecule has 0 bridgehead atoms. The fourth-order valence-corrected chi connectivity index (χ4v) is 6.24. The lowest BCUT2D eigenvalue weighted by molar-refractivity contribution is -0.123. The van der Waals surface area contributed by atoms with Crippen LogP contribution < -0.4 is 4.74 Å². The summed E-state index contributed by atoms with van der Waals surface area (Å²) >= 11 is 5.48. The van der Waals surface area contributed by atoms with Gasteiger partial charge in [0.15, 0.2) is 0 Å². The molecule has 0 saturated carbocycles. The second-order valence-electron chi connectivity index (χ2n) is 7.28. The number of ether oxygens (including phenoxy) is 1. The van der Waals surface area contributed by atoms with Crippen molar-refractivity contribution in [2.24, 2.45) is 0 Å². The van der Waals surface area contributed by atoms with Crippen LogP contribution >= 0.6 is 56.9 Å². The molecular formula is C25H19I2NO3S. The van der Waals surface area contributed by atoms with Crippen molar-refractivity contribution in [2.45, 2.75) is 20.1 Å². The summed E-state index contributed by atoms with van der Waals surface area (Å²) < 4.78 is 7.95. The number of thioether (sulfide) groups is 1. The van der Waals surface area contributed by atoms with E-state index in [1.165, 1.54) is 4.90 Å². The van der Waals surface area contributed by atoms with Gasteiger partial charge >= 0.3 is 0 Å². The van der Waals surface area contributed by atoms with E-state index >= 15 is 0 Å². The minimum absolute atomic E-state index is 0.239. The average Bonchev–Trinajstić information content (AvgIpc) is 3.02. The van der Waals surface area contributed by atoms with Crippen LogP contribution in [0.25, 0.3) is 6.08 Å². The molecule has 7 heteroatoms. The van der Waals surface area contributed by atoms with Crippen LogP contribution in [-0.2, 0) is 17.9 Å². The number of amides is 2. The molecule has 0 aliphatic carbocycles. The van der Waals surface area contributed by atoms with Gasteiger partial charge in [0.05, 0.1) is 18.6 Å². The Morgan fingerprint density at radius 2 is 1.62 bits per heavy atom. The lowest BCUT2D eigenvalue weighted by Crippen LogP contribution is -2.27. The van der Waals surface area contributed by atoms with Crippen LogP contribution in [-0.4, -0.2) is 16.0 Å². The van der Waals surface area contributed by atoms with E-state index in [0.717, 1.165) is 46.9 Å². The monoisotopic (exact) mass is 667 g/mol. The molecule has 162 valence electrons. The summed E-state index contributed by atoms with van der Waals surface area (Å²) in [7, 11) is 0. The number of carbonyl (C=O) groups is 2. The van der Waals surface area contributed by atoms with Gasteiger partial charge in [-0.3, -0.25) is 14.5 Å². The van der Waals surface area contributed by atoms with Crippen LogP contribution in [0.3, 0.4) is 0 Å². The molecule has 1 fully saturated rings. The Hall–Kier alpha value is -1.85. The highest BCUT2D eigenvalue weighted by molar-refractivity contribution is 14.1. The molecule has 32 heavy (non-hydrogen) atoms. The Kier molecular flexibility index (Phi) is 7.57. The van der Waals surface area contributed by atoms with Crippen molar-refractivity contribution in [2.75, 3.05) is 0 Å². The highest BCUT2D eigenvalue weighted by atomic mass is 127. The van der Waals surface area contributed by atoms with E-state index in [1.54, 1.807) is 6.08 Å². The van der Waals surface area contributed by atoms with Gasteiger partial charge in [-0.05, 0) is 104 Å². The van der Waals surface area contributed by atoms with Crippen molar-refractivity contribution in [3.05, 3.63) is 101 Å². The van der Waals surface area contributed by atoms with Crippen molar-refractivity contribution in [3.8, 4) is 5.75 Å². The van der Waals surface area contributed by atoms with Crippen molar-refractivity contribution in [3.63, 3.8) is 0 Å². The highest BCUT2D eigenvalue weighted by Crippen LogP contribution is 2.36. The molecule has 1 aliphatic heterocycles. The number of benzene rings is 3. The lowest BCUT2D eigenvalue weighted by atomic mass is 10.1. The number of hydrogen-bond donors (Lipinski definition) is 0. The molecule has 3 aromatic carbocycles. The first kappa shape index (κ1) is 23.3.